The van der Waals surface area contributed by atoms with E-state index in [4.69, 9.17) is 0 Å². The lowest BCUT2D eigenvalue weighted by Crippen LogP contribution is -2.51. The molecule has 0 N–H and O–H groups in total. The third kappa shape index (κ3) is 2.03. The summed E-state index contributed by atoms with van der Waals surface area (Å²) < 4.78 is 32.4. The SMILES string of the molecule is CC1=[N+]2C(=C(c3ccc([N+](=O)[O-])cc3)c3ccc(C)n3[B-]2(F)F)C=C1. The average Bonchev–Trinajstić information content (AvgIpc) is 3.13. The molecule has 0 spiro atoms. The van der Waals surface area contributed by atoms with E-state index in [-0.39, 0.29) is 5.69 Å². The Bertz CT molecular complexity index is 1020. The third-order valence-electron chi connectivity index (χ3n) is 4.74. The third-order valence-corrected chi connectivity index (χ3v) is 4.74. The van der Waals surface area contributed by atoms with Crippen molar-refractivity contribution in [3.8, 4) is 0 Å². The van der Waals surface area contributed by atoms with Gasteiger partial charge in [-0.05, 0) is 42.4 Å². The van der Waals surface area contributed by atoms with E-state index in [9.17, 15) is 10.1 Å². The van der Waals surface area contributed by atoms with Crippen LogP contribution in [-0.2, 0) is 0 Å². The Morgan fingerprint density at radius 3 is 2.40 bits per heavy atom. The lowest BCUT2D eigenvalue weighted by atomic mass is 9.86. The summed E-state index contributed by atoms with van der Waals surface area (Å²) in [5.41, 5.74) is 3.05. The molecule has 126 valence electrons. The van der Waals surface area contributed by atoms with Crippen molar-refractivity contribution in [3.05, 3.63) is 81.3 Å². The maximum Gasteiger partial charge on any atom is 0.737 e. The molecule has 1 aromatic heterocycles. The van der Waals surface area contributed by atoms with Gasteiger partial charge in [-0.1, -0.05) is 0 Å². The first-order valence-corrected chi connectivity index (χ1v) is 7.83. The number of allylic oxidation sites excluding steroid dienone is 2. The Morgan fingerprint density at radius 1 is 1.08 bits per heavy atom. The van der Waals surface area contributed by atoms with E-state index in [0.717, 1.165) is 8.96 Å². The summed E-state index contributed by atoms with van der Waals surface area (Å²) in [6, 6.07) is 9.32. The highest BCUT2D eigenvalue weighted by atomic mass is 19.2. The molecule has 4 rings (SSSR count). The first kappa shape index (κ1) is 15.5. The zero-order valence-corrected chi connectivity index (χ0v) is 13.6. The molecule has 2 aliphatic rings. The van der Waals surface area contributed by atoms with Gasteiger partial charge >= 0.3 is 6.97 Å². The van der Waals surface area contributed by atoms with Crippen LogP contribution in [0, 0.1) is 17.0 Å². The zero-order valence-electron chi connectivity index (χ0n) is 13.6. The van der Waals surface area contributed by atoms with Gasteiger partial charge in [-0.3, -0.25) is 10.1 Å². The Kier molecular flexibility index (Phi) is 3.09. The van der Waals surface area contributed by atoms with Crippen LogP contribution < -0.4 is 0 Å². The molecule has 0 bridgehead atoms. The molecule has 0 fully saturated rings. The summed E-state index contributed by atoms with van der Waals surface area (Å²) in [6.45, 7) is -0.680. The van der Waals surface area contributed by atoms with Crippen LogP contribution in [0.4, 0.5) is 14.3 Å². The van der Waals surface area contributed by atoms with Crippen molar-refractivity contribution in [3.63, 3.8) is 0 Å². The van der Waals surface area contributed by atoms with Gasteiger partial charge < -0.3 is 17.6 Å². The zero-order chi connectivity index (χ0) is 17.9. The average molecular weight is 341 g/mol. The van der Waals surface area contributed by atoms with Crippen LogP contribution in [0.2, 0.25) is 0 Å². The number of non-ortho nitro benzene ring substituents is 1. The van der Waals surface area contributed by atoms with Crippen LogP contribution >= 0.6 is 0 Å². The quantitative estimate of drug-likeness (QED) is 0.475. The van der Waals surface area contributed by atoms with Crippen LogP contribution in [0.1, 0.15) is 23.9 Å². The standard InChI is InChI=1S/C17H14BF2N3O2/c1-11-3-9-15-17(13-5-7-14(8-6-13)23(24)25)16-10-4-12(2)22(16)18(19,20)21(11)15/h3-10H,1-2H3. The van der Waals surface area contributed by atoms with Gasteiger partial charge in [0.05, 0.1) is 10.5 Å². The monoisotopic (exact) mass is 341 g/mol. The number of aromatic nitrogens is 1. The smallest absolute Gasteiger partial charge is 0.393 e. The predicted molar refractivity (Wildman–Crippen MR) is 91.7 cm³/mol. The molecule has 0 atom stereocenters. The molecule has 25 heavy (non-hydrogen) atoms. The number of fused-ring (bicyclic) bond motifs is 2. The molecule has 0 amide bonds. The number of nitro benzene ring substituents is 1. The second-order valence-corrected chi connectivity index (χ2v) is 6.23. The predicted octanol–water partition coefficient (Wildman–Crippen LogP) is 3.74. The highest BCUT2D eigenvalue weighted by Gasteiger charge is 2.53. The van der Waals surface area contributed by atoms with Crippen molar-refractivity contribution >= 4 is 23.9 Å². The van der Waals surface area contributed by atoms with E-state index in [0.29, 0.717) is 33.9 Å². The van der Waals surface area contributed by atoms with Gasteiger partial charge in [0.1, 0.15) is 5.71 Å². The van der Waals surface area contributed by atoms with Crippen LogP contribution in [0.5, 0.6) is 0 Å². The first-order chi connectivity index (χ1) is 11.8. The normalized spacial score (nSPS) is 17.8. The number of nitrogens with zero attached hydrogens (tertiary/aromatic N) is 3. The molecule has 8 heteroatoms. The largest absolute Gasteiger partial charge is 0.737 e. The number of halogens is 2. The number of aryl methyl sites for hydroxylation is 1. The van der Waals surface area contributed by atoms with Crippen molar-refractivity contribution in [1.82, 2.24) is 4.48 Å². The number of benzene rings is 1. The van der Waals surface area contributed by atoms with Crippen molar-refractivity contribution < 1.29 is 18.0 Å². The number of hydrogen-bond acceptors (Lipinski definition) is 2. The summed E-state index contributed by atoms with van der Waals surface area (Å²) >= 11 is 0. The van der Waals surface area contributed by atoms with Gasteiger partial charge in [-0.2, -0.15) is 0 Å². The molecule has 0 saturated carbocycles. The molecule has 2 aromatic rings. The lowest BCUT2D eigenvalue weighted by Gasteiger charge is -2.32. The molecule has 0 saturated heterocycles. The van der Waals surface area contributed by atoms with Crippen LogP contribution in [0.15, 0.2) is 54.2 Å². The molecule has 1 aromatic carbocycles. The molecular weight excluding hydrogens is 327 g/mol. The second-order valence-electron chi connectivity index (χ2n) is 6.23. The maximum absolute atomic E-state index is 15.1. The molecule has 0 aliphatic carbocycles. The summed E-state index contributed by atoms with van der Waals surface area (Å²) in [7, 11) is 0. The van der Waals surface area contributed by atoms with Crippen LogP contribution in [0.25, 0.3) is 5.57 Å². The van der Waals surface area contributed by atoms with E-state index in [1.165, 1.54) is 12.1 Å². The summed E-state index contributed by atoms with van der Waals surface area (Å²) in [5.74, 6) is 0. The number of nitro groups is 1. The molecule has 0 radical (unpaired) electrons. The molecule has 0 unspecified atom stereocenters. The Labute approximate surface area is 142 Å². The van der Waals surface area contributed by atoms with Crippen molar-refractivity contribution in [2.45, 2.75) is 13.8 Å². The Morgan fingerprint density at radius 2 is 1.76 bits per heavy atom. The van der Waals surface area contributed by atoms with Gasteiger partial charge in [0.25, 0.3) is 5.69 Å². The minimum absolute atomic E-state index is 0.0344. The van der Waals surface area contributed by atoms with E-state index in [1.807, 2.05) is 0 Å². The van der Waals surface area contributed by atoms with Gasteiger partial charge in [-0.15, -0.1) is 0 Å². The van der Waals surface area contributed by atoms with Crippen LogP contribution in [-0.4, -0.2) is 26.6 Å². The van der Waals surface area contributed by atoms with Crippen molar-refractivity contribution in [2.75, 3.05) is 0 Å². The number of rotatable bonds is 2. The maximum atomic E-state index is 15.1. The van der Waals surface area contributed by atoms with Crippen LogP contribution in [0.3, 0.4) is 0 Å². The summed E-state index contributed by atoms with van der Waals surface area (Å²) in [4.78, 5) is 10.4. The molecular formula is C17H14BF2N3O2. The second kappa shape index (κ2) is 4.98. The highest BCUT2D eigenvalue weighted by Crippen LogP contribution is 2.40. The van der Waals surface area contributed by atoms with Gasteiger partial charge in [0.15, 0.2) is 5.70 Å². The molecule has 3 heterocycles. The fraction of sp³-hybridized carbons (Fsp3) is 0.118. The Balaban J connectivity index is 2.02. The fourth-order valence-electron chi connectivity index (χ4n) is 3.62. The molecule has 5 nitrogen and oxygen atoms in total. The van der Waals surface area contributed by atoms with Gasteiger partial charge in [0, 0.05) is 36.9 Å². The van der Waals surface area contributed by atoms with Crippen molar-refractivity contribution in [2.24, 2.45) is 0 Å². The Hall–Kier alpha value is -3.03. The van der Waals surface area contributed by atoms with E-state index in [1.54, 1.807) is 50.3 Å². The topological polar surface area (TPSA) is 51.1 Å². The summed E-state index contributed by atoms with van der Waals surface area (Å²) in [5, 5.41) is 10.9. The minimum atomic E-state index is -3.98. The molecule has 2 aliphatic heterocycles. The first-order valence-electron chi connectivity index (χ1n) is 7.83. The minimum Gasteiger partial charge on any atom is -0.393 e. The fourth-order valence-corrected chi connectivity index (χ4v) is 3.62. The van der Waals surface area contributed by atoms with Gasteiger partial charge in [0.2, 0.25) is 0 Å². The number of hydrogen-bond donors (Lipinski definition) is 0. The van der Waals surface area contributed by atoms with Gasteiger partial charge in [-0.25, -0.2) is 0 Å². The highest BCUT2D eigenvalue weighted by molar-refractivity contribution is 6.58. The summed E-state index contributed by atoms with van der Waals surface area (Å²) in [6.07, 6.45) is 3.34. The van der Waals surface area contributed by atoms with E-state index in [2.05, 4.69) is 0 Å². The van der Waals surface area contributed by atoms with Crippen molar-refractivity contribution in [1.29, 1.82) is 0 Å². The lowest BCUT2D eigenvalue weighted by molar-refractivity contribution is -0.384. The van der Waals surface area contributed by atoms with E-state index >= 15 is 8.63 Å². The van der Waals surface area contributed by atoms with E-state index < -0.39 is 11.9 Å².